The van der Waals surface area contributed by atoms with Crippen LogP contribution in [-0.2, 0) is 25.7 Å². The highest BCUT2D eigenvalue weighted by Crippen LogP contribution is 2.39. The van der Waals surface area contributed by atoms with Crippen molar-refractivity contribution in [1.82, 2.24) is 5.06 Å². The summed E-state index contributed by atoms with van der Waals surface area (Å²) in [7, 11) is -3.78. The summed E-state index contributed by atoms with van der Waals surface area (Å²) in [6, 6.07) is 16.8. The molecular formula is C22H27NO4S. The van der Waals surface area contributed by atoms with Gasteiger partial charge in [-0.25, -0.2) is 0 Å². The molecule has 28 heavy (non-hydrogen) atoms. The Hall–Kier alpha value is -1.73. The first kappa shape index (κ1) is 19.6. The number of rotatable bonds is 6. The molecule has 2 aromatic rings. The molecule has 0 N–H and O–H groups in total. The average Bonchev–Trinajstić information content (AvgIpc) is 3.04. The van der Waals surface area contributed by atoms with E-state index in [4.69, 9.17) is 9.02 Å². The monoisotopic (exact) mass is 401 g/mol. The number of benzene rings is 2. The molecule has 1 saturated carbocycles. The molecule has 3 atom stereocenters. The minimum Gasteiger partial charge on any atom is -0.295 e. The fourth-order valence-corrected chi connectivity index (χ4v) is 5.14. The molecule has 4 rings (SSSR count). The smallest absolute Gasteiger partial charge is 0.295 e. The number of hydrogen-bond acceptors (Lipinski definition) is 5. The quantitative estimate of drug-likeness (QED) is 0.683. The molecule has 1 heterocycles. The fourth-order valence-electron chi connectivity index (χ4n) is 4.22. The van der Waals surface area contributed by atoms with Crippen molar-refractivity contribution in [2.45, 2.75) is 56.2 Å². The van der Waals surface area contributed by atoms with E-state index in [9.17, 15) is 8.42 Å². The summed E-state index contributed by atoms with van der Waals surface area (Å²) in [5.41, 5.74) is 2.16. The second-order valence-corrected chi connectivity index (χ2v) is 9.39. The van der Waals surface area contributed by atoms with E-state index in [-0.39, 0.29) is 23.6 Å². The summed E-state index contributed by atoms with van der Waals surface area (Å²) in [6.45, 7) is 2.68. The minimum atomic E-state index is -3.78. The van der Waals surface area contributed by atoms with Gasteiger partial charge in [-0.1, -0.05) is 60.9 Å². The third-order valence-electron chi connectivity index (χ3n) is 5.77. The number of fused-ring (bicyclic) bond motifs is 1. The van der Waals surface area contributed by atoms with Crippen LogP contribution in [0.1, 0.15) is 36.8 Å². The summed E-state index contributed by atoms with van der Waals surface area (Å²) in [5.74, 6) is 0.311. The first-order valence-electron chi connectivity index (χ1n) is 9.96. The van der Waals surface area contributed by atoms with Crippen molar-refractivity contribution in [3.8, 4) is 0 Å². The number of nitrogens with zero attached hydrogens (tertiary/aromatic N) is 1. The zero-order valence-electron chi connectivity index (χ0n) is 16.2. The van der Waals surface area contributed by atoms with E-state index in [0.717, 1.165) is 36.8 Å². The zero-order valence-corrected chi connectivity index (χ0v) is 17.0. The Balaban J connectivity index is 1.49. The standard InChI is InChI=1S/C22H27NO4S/c1-17-11-13-19(14-12-17)28(24,25)26-16-21-20-9-5-6-10-22(20)27-23(21)15-18-7-3-2-4-8-18/h2-4,7-8,11-14,20-22H,5-6,9-10,15-16H2,1H3/t20-,21-,22-/m0/s1. The van der Waals surface area contributed by atoms with Crippen molar-refractivity contribution in [3.05, 3.63) is 65.7 Å². The maximum absolute atomic E-state index is 12.6. The predicted molar refractivity (Wildman–Crippen MR) is 107 cm³/mol. The van der Waals surface area contributed by atoms with Gasteiger partial charge in [0.15, 0.2) is 0 Å². The molecule has 150 valence electrons. The minimum absolute atomic E-state index is 0.0641. The Morgan fingerprint density at radius 1 is 1.04 bits per heavy atom. The molecule has 0 radical (unpaired) electrons. The van der Waals surface area contributed by atoms with E-state index in [1.807, 2.05) is 30.2 Å². The van der Waals surface area contributed by atoms with E-state index in [1.54, 1.807) is 24.3 Å². The van der Waals surface area contributed by atoms with Crippen molar-refractivity contribution in [2.75, 3.05) is 6.61 Å². The molecule has 0 amide bonds. The lowest BCUT2D eigenvalue weighted by Gasteiger charge is -2.27. The van der Waals surface area contributed by atoms with Crippen molar-refractivity contribution in [2.24, 2.45) is 5.92 Å². The molecule has 5 nitrogen and oxygen atoms in total. The molecule has 0 bridgehead atoms. The summed E-state index contributed by atoms with van der Waals surface area (Å²) in [5, 5.41) is 1.95. The SMILES string of the molecule is Cc1ccc(S(=O)(=O)OC[C@H]2[C@@H]3CCCC[C@@H]3ON2Cc2ccccc2)cc1. The number of aryl methyl sites for hydroxylation is 1. The van der Waals surface area contributed by atoms with Crippen LogP contribution in [0.25, 0.3) is 0 Å². The maximum atomic E-state index is 12.6. The Morgan fingerprint density at radius 3 is 2.50 bits per heavy atom. The predicted octanol–water partition coefficient (Wildman–Crippen LogP) is 4.08. The highest BCUT2D eigenvalue weighted by atomic mass is 32.2. The van der Waals surface area contributed by atoms with Crippen molar-refractivity contribution in [3.63, 3.8) is 0 Å². The van der Waals surface area contributed by atoms with Gasteiger partial charge in [-0.15, -0.1) is 0 Å². The Morgan fingerprint density at radius 2 is 1.75 bits per heavy atom. The van der Waals surface area contributed by atoms with E-state index < -0.39 is 10.1 Å². The van der Waals surface area contributed by atoms with Crippen LogP contribution >= 0.6 is 0 Å². The van der Waals surface area contributed by atoms with Crippen LogP contribution in [0.3, 0.4) is 0 Å². The van der Waals surface area contributed by atoms with Gasteiger partial charge in [0.1, 0.15) is 0 Å². The van der Waals surface area contributed by atoms with Crippen LogP contribution in [-0.4, -0.2) is 32.2 Å². The third kappa shape index (κ3) is 4.30. The van der Waals surface area contributed by atoms with E-state index >= 15 is 0 Å². The lowest BCUT2D eigenvalue weighted by atomic mass is 9.82. The van der Waals surface area contributed by atoms with Gasteiger partial charge in [0.25, 0.3) is 10.1 Å². The van der Waals surface area contributed by atoms with Gasteiger partial charge in [-0.05, 0) is 37.5 Å². The van der Waals surface area contributed by atoms with E-state index in [2.05, 4.69) is 12.1 Å². The average molecular weight is 402 g/mol. The molecule has 1 aliphatic heterocycles. The summed E-state index contributed by atoms with van der Waals surface area (Å²) < 4.78 is 30.8. The lowest BCUT2D eigenvalue weighted by molar-refractivity contribution is -0.175. The molecule has 1 aliphatic carbocycles. The third-order valence-corrected chi connectivity index (χ3v) is 7.07. The Labute approximate surface area is 167 Å². The van der Waals surface area contributed by atoms with Gasteiger partial charge in [-0.2, -0.15) is 13.5 Å². The van der Waals surface area contributed by atoms with Crippen LogP contribution in [0, 0.1) is 12.8 Å². The molecule has 1 saturated heterocycles. The summed E-state index contributed by atoms with van der Waals surface area (Å²) in [4.78, 5) is 6.43. The van der Waals surface area contributed by atoms with Crippen LogP contribution in [0.4, 0.5) is 0 Å². The summed E-state index contributed by atoms with van der Waals surface area (Å²) >= 11 is 0. The van der Waals surface area contributed by atoms with Gasteiger partial charge in [0.05, 0.1) is 23.6 Å². The van der Waals surface area contributed by atoms with Crippen LogP contribution < -0.4 is 0 Å². The molecular weight excluding hydrogens is 374 g/mol. The summed E-state index contributed by atoms with van der Waals surface area (Å²) in [6.07, 6.45) is 4.56. The first-order chi connectivity index (χ1) is 13.5. The Bertz CT molecular complexity index is 883. The second kappa shape index (κ2) is 8.33. The van der Waals surface area contributed by atoms with Crippen LogP contribution in [0.2, 0.25) is 0 Å². The van der Waals surface area contributed by atoms with E-state index in [1.165, 1.54) is 0 Å². The molecule has 6 heteroatoms. The van der Waals surface area contributed by atoms with E-state index in [0.29, 0.717) is 12.5 Å². The Kier molecular flexibility index (Phi) is 5.83. The van der Waals surface area contributed by atoms with Crippen LogP contribution in [0.5, 0.6) is 0 Å². The zero-order chi connectivity index (χ0) is 19.6. The lowest BCUT2D eigenvalue weighted by Crippen LogP contribution is -2.37. The molecule has 0 aromatic heterocycles. The first-order valence-corrected chi connectivity index (χ1v) is 11.4. The second-order valence-electron chi connectivity index (χ2n) is 7.77. The van der Waals surface area contributed by atoms with Crippen molar-refractivity contribution < 1.29 is 17.4 Å². The van der Waals surface area contributed by atoms with Gasteiger partial charge >= 0.3 is 0 Å². The topological polar surface area (TPSA) is 55.8 Å². The van der Waals surface area contributed by atoms with Gasteiger partial charge in [-0.3, -0.25) is 9.02 Å². The number of hydroxylamine groups is 2. The largest absolute Gasteiger partial charge is 0.297 e. The fraction of sp³-hybridized carbons (Fsp3) is 0.455. The van der Waals surface area contributed by atoms with Gasteiger partial charge in [0, 0.05) is 12.5 Å². The molecule has 2 aromatic carbocycles. The van der Waals surface area contributed by atoms with Crippen molar-refractivity contribution in [1.29, 1.82) is 0 Å². The van der Waals surface area contributed by atoms with Gasteiger partial charge in [0.2, 0.25) is 0 Å². The molecule has 0 unspecified atom stereocenters. The number of hydrogen-bond donors (Lipinski definition) is 0. The van der Waals surface area contributed by atoms with Crippen molar-refractivity contribution >= 4 is 10.1 Å². The van der Waals surface area contributed by atoms with Gasteiger partial charge < -0.3 is 0 Å². The normalized spacial score (nSPS) is 25.5. The maximum Gasteiger partial charge on any atom is 0.297 e. The molecule has 2 fully saturated rings. The molecule has 2 aliphatic rings. The molecule has 0 spiro atoms. The highest BCUT2D eigenvalue weighted by Gasteiger charge is 2.44. The highest BCUT2D eigenvalue weighted by molar-refractivity contribution is 7.86. The van der Waals surface area contributed by atoms with Crippen LogP contribution in [0.15, 0.2) is 59.5 Å².